The lowest BCUT2D eigenvalue weighted by atomic mass is 10.1. The molecule has 0 aliphatic heterocycles. The van der Waals surface area contributed by atoms with E-state index in [0.717, 1.165) is 0 Å². The summed E-state index contributed by atoms with van der Waals surface area (Å²) in [5.74, 6) is -14.0. The average Bonchev–Trinajstić information content (AvgIpc) is 2.15. The molecule has 0 unspecified atom stereocenters. The second kappa shape index (κ2) is 5.32. The second-order valence-corrected chi connectivity index (χ2v) is 3.73. The Morgan fingerprint density at radius 1 is 1.18 bits per heavy atom. The lowest BCUT2D eigenvalue weighted by Crippen LogP contribution is -2.59. The second-order valence-electron chi connectivity index (χ2n) is 3.26. The van der Waals surface area contributed by atoms with E-state index in [9.17, 15) is 31.1 Å². The van der Waals surface area contributed by atoms with E-state index in [4.69, 9.17) is 0 Å². The molecule has 0 aliphatic carbocycles. The SMILES string of the molecule is CCCCNC(=O)C(F)(F)C(F)(F)C(F)(F)Cl. The first-order valence-electron chi connectivity index (χ1n) is 4.59. The molecule has 0 spiro atoms. The Morgan fingerprint density at radius 2 is 1.65 bits per heavy atom. The maximum atomic E-state index is 12.8. The van der Waals surface area contributed by atoms with Gasteiger partial charge >= 0.3 is 17.2 Å². The van der Waals surface area contributed by atoms with Gasteiger partial charge in [-0.05, 0) is 18.0 Å². The first-order chi connectivity index (χ1) is 7.48. The van der Waals surface area contributed by atoms with Gasteiger partial charge in [0.15, 0.2) is 0 Å². The molecule has 0 aliphatic rings. The summed E-state index contributed by atoms with van der Waals surface area (Å²) in [4.78, 5) is 10.7. The van der Waals surface area contributed by atoms with Crippen molar-refractivity contribution < 1.29 is 31.1 Å². The van der Waals surface area contributed by atoms with Gasteiger partial charge in [-0.3, -0.25) is 4.79 Å². The molecule has 0 aromatic rings. The van der Waals surface area contributed by atoms with Gasteiger partial charge in [0.1, 0.15) is 0 Å². The van der Waals surface area contributed by atoms with Crippen LogP contribution >= 0.6 is 11.6 Å². The summed E-state index contributed by atoms with van der Waals surface area (Å²) in [6.45, 7) is 1.35. The molecule has 1 N–H and O–H groups in total. The normalized spacial score (nSPS) is 13.6. The Kier molecular flexibility index (Phi) is 5.12. The Bertz CT molecular complexity index is 278. The highest BCUT2D eigenvalue weighted by Gasteiger charge is 2.74. The molecular weight excluding hydrogens is 276 g/mol. The molecule has 102 valence electrons. The molecule has 0 fully saturated rings. The number of alkyl halides is 7. The van der Waals surface area contributed by atoms with Gasteiger partial charge in [-0.2, -0.15) is 26.3 Å². The number of unbranched alkanes of at least 4 members (excludes halogenated alkanes) is 1. The number of carbonyl (C=O) groups is 1. The van der Waals surface area contributed by atoms with Crippen molar-refractivity contribution in [1.29, 1.82) is 0 Å². The zero-order valence-electron chi connectivity index (χ0n) is 8.68. The van der Waals surface area contributed by atoms with Crippen LogP contribution in [0.1, 0.15) is 19.8 Å². The summed E-state index contributed by atoms with van der Waals surface area (Å²) in [6, 6.07) is 0. The molecule has 0 bridgehead atoms. The number of hydrogen-bond acceptors (Lipinski definition) is 1. The molecule has 0 atom stereocenters. The predicted octanol–water partition coefficient (Wildman–Crippen LogP) is 3.00. The van der Waals surface area contributed by atoms with Crippen LogP contribution in [0, 0.1) is 0 Å². The molecular formula is C8H10ClF6NO. The van der Waals surface area contributed by atoms with Crippen molar-refractivity contribution in [3.05, 3.63) is 0 Å². The Labute approximate surface area is 98.3 Å². The molecule has 0 saturated heterocycles. The summed E-state index contributed by atoms with van der Waals surface area (Å²) < 4.78 is 74.9. The van der Waals surface area contributed by atoms with E-state index in [0.29, 0.717) is 6.42 Å². The van der Waals surface area contributed by atoms with Crippen LogP contribution in [-0.4, -0.2) is 29.7 Å². The fourth-order valence-corrected chi connectivity index (χ4v) is 0.929. The van der Waals surface area contributed by atoms with Crippen LogP contribution in [0.15, 0.2) is 0 Å². The van der Waals surface area contributed by atoms with Crippen LogP contribution in [0.3, 0.4) is 0 Å². The summed E-state index contributed by atoms with van der Waals surface area (Å²) in [6.07, 6.45) is 0.762. The van der Waals surface area contributed by atoms with E-state index >= 15 is 0 Å². The van der Waals surface area contributed by atoms with E-state index in [1.165, 1.54) is 5.32 Å². The predicted molar refractivity (Wildman–Crippen MR) is 48.6 cm³/mol. The van der Waals surface area contributed by atoms with Crippen LogP contribution < -0.4 is 5.32 Å². The summed E-state index contributed by atoms with van der Waals surface area (Å²) in [5, 5.41) is -4.07. The lowest BCUT2D eigenvalue weighted by molar-refractivity contribution is -0.269. The Hall–Kier alpha value is -0.660. The van der Waals surface area contributed by atoms with Crippen molar-refractivity contribution in [2.24, 2.45) is 0 Å². The zero-order chi connectivity index (χ0) is 13.9. The van der Waals surface area contributed by atoms with E-state index in [-0.39, 0.29) is 13.0 Å². The van der Waals surface area contributed by atoms with Crippen molar-refractivity contribution in [1.82, 2.24) is 5.32 Å². The standard InChI is InChI=1S/C8H10ClF6NO/c1-2-3-4-16-5(17)6(10,11)7(12,13)8(9,14)15/h2-4H2,1H3,(H,16,17). The highest BCUT2D eigenvalue weighted by Crippen LogP contribution is 2.47. The van der Waals surface area contributed by atoms with E-state index in [1.54, 1.807) is 6.92 Å². The van der Waals surface area contributed by atoms with Crippen LogP contribution in [-0.2, 0) is 4.79 Å². The average molecular weight is 286 g/mol. The fourth-order valence-electron chi connectivity index (χ4n) is 0.810. The molecule has 0 heterocycles. The molecule has 0 radical (unpaired) electrons. The quantitative estimate of drug-likeness (QED) is 0.454. The number of rotatable bonds is 6. The van der Waals surface area contributed by atoms with Gasteiger partial charge in [0.25, 0.3) is 5.91 Å². The largest absolute Gasteiger partial charge is 0.395 e. The van der Waals surface area contributed by atoms with Crippen LogP contribution in [0.5, 0.6) is 0 Å². The molecule has 9 heteroatoms. The Morgan fingerprint density at radius 3 is 2.00 bits per heavy atom. The third-order valence-electron chi connectivity index (χ3n) is 1.85. The van der Waals surface area contributed by atoms with Crippen molar-refractivity contribution in [3.8, 4) is 0 Å². The summed E-state index contributed by atoms with van der Waals surface area (Å²) in [5.41, 5.74) is 0. The number of hydrogen-bond donors (Lipinski definition) is 1. The number of nitrogens with one attached hydrogen (secondary N) is 1. The van der Waals surface area contributed by atoms with Crippen LogP contribution in [0.4, 0.5) is 26.3 Å². The van der Waals surface area contributed by atoms with Gasteiger partial charge in [-0.1, -0.05) is 13.3 Å². The number of amides is 1. The van der Waals surface area contributed by atoms with Crippen molar-refractivity contribution in [2.45, 2.75) is 37.0 Å². The molecule has 1 amide bonds. The van der Waals surface area contributed by atoms with Crippen molar-refractivity contribution in [2.75, 3.05) is 6.54 Å². The van der Waals surface area contributed by atoms with Gasteiger partial charge < -0.3 is 5.32 Å². The van der Waals surface area contributed by atoms with Gasteiger partial charge in [-0.25, -0.2) is 0 Å². The molecule has 0 aromatic carbocycles. The monoisotopic (exact) mass is 285 g/mol. The first-order valence-corrected chi connectivity index (χ1v) is 4.97. The van der Waals surface area contributed by atoms with Gasteiger partial charge in [0, 0.05) is 6.54 Å². The Balaban J connectivity index is 4.82. The van der Waals surface area contributed by atoms with E-state index in [2.05, 4.69) is 11.6 Å². The molecule has 17 heavy (non-hydrogen) atoms. The fraction of sp³-hybridized carbons (Fsp3) is 0.875. The summed E-state index contributed by atoms with van der Waals surface area (Å²) >= 11 is 3.87. The minimum absolute atomic E-state index is 0.255. The van der Waals surface area contributed by atoms with Gasteiger partial charge in [0.05, 0.1) is 0 Å². The zero-order valence-corrected chi connectivity index (χ0v) is 9.43. The van der Waals surface area contributed by atoms with Gasteiger partial charge in [0.2, 0.25) is 0 Å². The number of halogens is 7. The van der Waals surface area contributed by atoms with Crippen molar-refractivity contribution in [3.63, 3.8) is 0 Å². The summed E-state index contributed by atoms with van der Waals surface area (Å²) in [7, 11) is 0. The third kappa shape index (κ3) is 3.40. The highest BCUT2D eigenvalue weighted by atomic mass is 35.5. The molecule has 0 rings (SSSR count). The maximum Gasteiger partial charge on any atom is 0.395 e. The van der Waals surface area contributed by atoms with Crippen molar-refractivity contribution >= 4 is 17.5 Å². The topological polar surface area (TPSA) is 29.1 Å². The minimum Gasteiger partial charge on any atom is -0.351 e. The smallest absolute Gasteiger partial charge is 0.351 e. The number of carbonyl (C=O) groups excluding carboxylic acids is 1. The van der Waals surface area contributed by atoms with Gasteiger partial charge in [-0.15, -0.1) is 0 Å². The molecule has 2 nitrogen and oxygen atoms in total. The maximum absolute atomic E-state index is 12.8. The first kappa shape index (κ1) is 16.3. The van der Waals surface area contributed by atoms with Crippen LogP contribution in [0.25, 0.3) is 0 Å². The lowest BCUT2D eigenvalue weighted by Gasteiger charge is -2.28. The molecule has 0 saturated carbocycles. The minimum atomic E-state index is -5.96. The third-order valence-corrected chi connectivity index (χ3v) is 2.09. The highest BCUT2D eigenvalue weighted by molar-refractivity contribution is 6.22. The van der Waals surface area contributed by atoms with E-state index in [1.807, 2.05) is 0 Å². The molecule has 0 aromatic heterocycles. The van der Waals surface area contributed by atoms with Crippen LogP contribution in [0.2, 0.25) is 0 Å². The van der Waals surface area contributed by atoms with E-state index < -0.39 is 23.1 Å².